The zero-order chi connectivity index (χ0) is 11.6. The first kappa shape index (κ1) is 11.4. The number of carbonyl (C=O) groups excluding carboxylic acids is 1. The van der Waals surface area contributed by atoms with Crippen molar-refractivity contribution in [2.75, 3.05) is 0 Å². The Bertz CT molecular complexity index is 410. The van der Waals surface area contributed by atoms with Gasteiger partial charge < -0.3 is 0 Å². The number of hydrogen-bond donors (Lipinski definition) is 0. The van der Waals surface area contributed by atoms with Gasteiger partial charge in [-0.2, -0.15) is 0 Å². The van der Waals surface area contributed by atoms with Crippen molar-refractivity contribution in [2.24, 2.45) is 0 Å². The van der Waals surface area contributed by atoms with E-state index in [0.717, 1.165) is 0 Å². The molecule has 0 saturated heterocycles. The summed E-state index contributed by atoms with van der Waals surface area (Å²) in [4.78, 5) is 9.84. The standard InChI is InChI=1S/C9H3F5O/c10-5-4(2-1-3-15)6(11)8(13)9(14)7(5)12/h1-3H. The third kappa shape index (κ3) is 1.88. The minimum Gasteiger partial charge on any atom is -0.299 e. The Morgan fingerprint density at radius 1 is 0.733 bits per heavy atom. The summed E-state index contributed by atoms with van der Waals surface area (Å²) >= 11 is 0. The average Bonchev–Trinajstić information content (AvgIpc) is 2.24. The molecule has 0 aliphatic heterocycles. The minimum atomic E-state index is -2.23. The van der Waals surface area contributed by atoms with Gasteiger partial charge in [-0.3, -0.25) is 4.79 Å². The maximum absolute atomic E-state index is 12.8. The number of benzene rings is 1. The second-order valence-corrected chi connectivity index (χ2v) is 2.48. The molecule has 0 aliphatic rings. The van der Waals surface area contributed by atoms with E-state index in [9.17, 15) is 26.7 Å². The Kier molecular flexibility index (Phi) is 3.18. The van der Waals surface area contributed by atoms with Crippen LogP contribution in [-0.4, -0.2) is 6.29 Å². The molecule has 0 fully saturated rings. The molecule has 0 saturated carbocycles. The monoisotopic (exact) mass is 222 g/mol. The van der Waals surface area contributed by atoms with Gasteiger partial charge in [-0.15, -0.1) is 0 Å². The van der Waals surface area contributed by atoms with Crippen molar-refractivity contribution in [1.29, 1.82) is 0 Å². The second kappa shape index (κ2) is 4.20. The molecule has 0 aliphatic carbocycles. The van der Waals surface area contributed by atoms with Crippen molar-refractivity contribution in [3.05, 3.63) is 40.7 Å². The summed E-state index contributed by atoms with van der Waals surface area (Å²) in [6.45, 7) is 0. The summed E-state index contributed by atoms with van der Waals surface area (Å²) in [7, 11) is 0. The molecule has 0 N–H and O–H groups in total. The first-order valence-corrected chi connectivity index (χ1v) is 3.64. The second-order valence-electron chi connectivity index (χ2n) is 2.48. The number of carbonyl (C=O) groups is 1. The van der Waals surface area contributed by atoms with Crippen LogP contribution in [0.1, 0.15) is 5.56 Å². The predicted molar refractivity (Wildman–Crippen MR) is 41.3 cm³/mol. The fraction of sp³-hybridized carbons (Fsp3) is 0. The van der Waals surface area contributed by atoms with Gasteiger partial charge in [-0.1, -0.05) is 0 Å². The summed E-state index contributed by atoms with van der Waals surface area (Å²) in [5.41, 5.74) is -1.14. The van der Waals surface area contributed by atoms with Crippen LogP contribution >= 0.6 is 0 Å². The van der Waals surface area contributed by atoms with E-state index in [0.29, 0.717) is 12.2 Å². The van der Waals surface area contributed by atoms with Crippen molar-refractivity contribution < 1.29 is 26.7 Å². The van der Waals surface area contributed by atoms with Crippen LogP contribution in [0.4, 0.5) is 22.0 Å². The van der Waals surface area contributed by atoms with Crippen LogP contribution in [0.3, 0.4) is 0 Å². The number of hydrogen-bond acceptors (Lipinski definition) is 1. The van der Waals surface area contributed by atoms with Gasteiger partial charge in [0.15, 0.2) is 23.3 Å². The van der Waals surface area contributed by atoms with Crippen molar-refractivity contribution in [3.63, 3.8) is 0 Å². The molecule has 0 unspecified atom stereocenters. The fourth-order valence-electron chi connectivity index (χ4n) is 0.904. The molecule has 1 nitrogen and oxygen atoms in total. The van der Waals surface area contributed by atoms with Crippen molar-refractivity contribution >= 4 is 12.4 Å². The Morgan fingerprint density at radius 2 is 1.13 bits per heavy atom. The quantitative estimate of drug-likeness (QED) is 0.247. The van der Waals surface area contributed by atoms with Crippen molar-refractivity contribution in [3.8, 4) is 0 Å². The van der Waals surface area contributed by atoms with Crippen LogP contribution in [0.5, 0.6) is 0 Å². The van der Waals surface area contributed by atoms with E-state index in [2.05, 4.69) is 0 Å². The number of rotatable bonds is 2. The zero-order valence-electron chi connectivity index (χ0n) is 7.03. The fourth-order valence-corrected chi connectivity index (χ4v) is 0.904. The minimum absolute atomic E-state index is 0.151. The molecular formula is C9H3F5O. The zero-order valence-corrected chi connectivity index (χ0v) is 7.03. The van der Waals surface area contributed by atoms with E-state index in [1.165, 1.54) is 0 Å². The third-order valence-corrected chi connectivity index (χ3v) is 1.59. The molecule has 1 aromatic carbocycles. The lowest BCUT2D eigenvalue weighted by Gasteiger charge is -2.03. The maximum Gasteiger partial charge on any atom is 0.200 e. The van der Waals surface area contributed by atoms with Crippen LogP contribution < -0.4 is 0 Å². The lowest BCUT2D eigenvalue weighted by atomic mass is 10.1. The van der Waals surface area contributed by atoms with Gasteiger partial charge in [0.05, 0.1) is 5.56 Å². The average molecular weight is 222 g/mol. The van der Waals surface area contributed by atoms with Crippen molar-refractivity contribution in [1.82, 2.24) is 0 Å². The highest BCUT2D eigenvalue weighted by molar-refractivity contribution is 5.74. The van der Waals surface area contributed by atoms with Crippen molar-refractivity contribution in [2.45, 2.75) is 0 Å². The molecule has 0 heterocycles. The summed E-state index contributed by atoms with van der Waals surface area (Å²) < 4.78 is 63.3. The van der Waals surface area contributed by atoms with Gasteiger partial charge in [-0.05, 0) is 12.2 Å². The molecule has 0 spiro atoms. The van der Waals surface area contributed by atoms with Crippen LogP contribution in [0, 0.1) is 29.1 Å². The van der Waals surface area contributed by atoms with Gasteiger partial charge in [0.1, 0.15) is 6.29 Å². The Balaban J connectivity index is 3.52. The van der Waals surface area contributed by atoms with E-state index in [-0.39, 0.29) is 6.29 Å². The molecule has 0 bridgehead atoms. The van der Waals surface area contributed by atoms with Gasteiger partial charge in [0.25, 0.3) is 0 Å². The third-order valence-electron chi connectivity index (χ3n) is 1.59. The molecule has 6 heteroatoms. The lowest BCUT2D eigenvalue weighted by molar-refractivity contribution is -0.104. The molecule has 15 heavy (non-hydrogen) atoms. The molecule has 1 aromatic rings. The maximum atomic E-state index is 12.8. The highest BCUT2D eigenvalue weighted by atomic mass is 19.2. The molecule has 1 rings (SSSR count). The Hall–Kier alpha value is -1.72. The summed E-state index contributed by atoms with van der Waals surface area (Å²) in [6.07, 6.45) is 1.28. The van der Waals surface area contributed by atoms with Crippen LogP contribution in [0.2, 0.25) is 0 Å². The SMILES string of the molecule is O=CC=Cc1c(F)c(F)c(F)c(F)c1F. The highest BCUT2D eigenvalue weighted by Crippen LogP contribution is 2.23. The smallest absolute Gasteiger partial charge is 0.200 e. The normalized spacial score (nSPS) is 11.0. The van der Waals surface area contributed by atoms with Gasteiger partial charge in [0, 0.05) is 0 Å². The largest absolute Gasteiger partial charge is 0.299 e. The van der Waals surface area contributed by atoms with E-state index in [4.69, 9.17) is 0 Å². The molecule has 0 radical (unpaired) electrons. The highest BCUT2D eigenvalue weighted by Gasteiger charge is 2.23. The topological polar surface area (TPSA) is 17.1 Å². The number of halogens is 5. The molecule has 0 aromatic heterocycles. The van der Waals surface area contributed by atoms with Crippen LogP contribution in [-0.2, 0) is 4.79 Å². The predicted octanol–water partition coefficient (Wildman–Crippen LogP) is 2.59. The summed E-state index contributed by atoms with van der Waals surface area (Å²) in [5, 5.41) is 0. The summed E-state index contributed by atoms with van der Waals surface area (Å²) in [6, 6.07) is 0. The van der Waals surface area contributed by atoms with Crippen LogP contribution in [0.25, 0.3) is 6.08 Å². The summed E-state index contributed by atoms with van der Waals surface area (Å²) in [5.74, 6) is -10.2. The Morgan fingerprint density at radius 3 is 1.53 bits per heavy atom. The molecule has 80 valence electrons. The van der Waals surface area contributed by atoms with E-state index in [1.807, 2.05) is 0 Å². The van der Waals surface area contributed by atoms with Gasteiger partial charge >= 0.3 is 0 Å². The van der Waals surface area contributed by atoms with Gasteiger partial charge in [0.2, 0.25) is 5.82 Å². The Labute approximate surface area is 80.8 Å². The first-order chi connectivity index (χ1) is 7.00. The van der Waals surface area contributed by atoms with E-state index < -0.39 is 34.6 Å². The van der Waals surface area contributed by atoms with E-state index >= 15 is 0 Å². The van der Waals surface area contributed by atoms with Gasteiger partial charge in [-0.25, -0.2) is 22.0 Å². The lowest BCUT2D eigenvalue weighted by Crippen LogP contribution is -2.03. The van der Waals surface area contributed by atoms with E-state index in [1.54, 1.807) is 0 Å². The van der Waals surface area contributed by atoms with Crippen LogP contribution in [0.15, 0.2) is 6.08 Å². The first-order valence-electron chi connectivity index (χ1n) is 3.64. The molecular weight excluding hydrogens is 219 g/mol. The molecule has 0 amide bonds. The number of aldehydes is 1. The number of allylic oxidation sites excluding steroid dienone is 1. The molecule has 0 atom stereocenters.